The van der Waals surface area contributed by atoms with Crippen LogP contribution in [-0.4, -0.2) is 28.2 Å². The van der Waals surface area contributed by atoms with Gasteiger partial charge in [0, 0.05) is 10.0 Å². The Labute approximate surface area is 154 Å². The molecule has 1 aromatic heterocycles. The summed E-state index contributed by atoms with van der Waals surface area (Å²) < 4.78 is 13.7. The normalized spacial score (nSPS) is 11.0. The van der Waals surface area contributed by atoms with Crippen molar-refractivity contribution < 1.29 is 9.47 Å². The van der Waals surface area contributed by atoms with Crippen LogP contribution in [0.15, 0.2) is 58.6 Å². The molecule has 6 nitrogen and oxygen atoms in total. The second-order valence-electron chi connectivity index (χ2n) is 5.39. The van der Waals surface area contributed by atoms with E-state index in [0.29, 0.717) is 18.1 Å². The van der Waals surface area contributed by atoms with E-state index < -0.39 is 0 Å². The van der Waals surface area contributed by atoms with E-state index in [1.165, 1.54) is 22.9 Å². The lowest BCUT2D eigenvalue weighted by Crippen LogP contribution is -1.99. The van der Waals surface area contributed by atoms with Crippen LogP contribution < -0.4 is 9.47 Å². The number of nitrogens with zero attached hydrogens (tertiary/aromatic N) is 4. The summed E-state index contributed by atoms with van der Waals surface area (Å²) in [6.45, 7) is 2.53. The molecular formula is C18H17BrN4O2. The summed E-state index contributed by atoms with van der Waals surface area (Å²) >= 11 is 3.54. The number of aryl methyl sites for hydroxylation is 1. The van der Waals surface area contributed by atoms with Crippen molar-refractivity contribution >= 4 is 22.1 Å². The maximum Gasteiger partial charge on any atom is 0.162 e. The number of benzene rings is 2. The Balaban J connectivity index is 1.78. The third-order valence-corrected chi connectivity index (χ3v) is 4.22. The molecule has 0 saturated heterocycles. The Kier molecular flexibility index (Phi) is 5.45. The lowest BCUT2D eigenvalue weighted by molar-refractivity contribution is 0.284. The average molecular weight is 401 g/mol. The molecule has 0 saturated carbocycles. The van der Waals surface area contributed by atoms with Gasteiger partial charge in [-0.25, -0.2) is 4.68 Å². The van der Waals surface area contributed by atoms with Gasteiger partial charge in [-0.05, 0) is 40.5 Å². The molecule has 0 atom stereocenters. The highest BCUT2D eigenvalue weighted by molar-refractivity contribution is 9.10. The second kappa shape index (κ2) is 7.94. The molecular weight excluding hydrogens is 384 g/mol. The summed E-state index contributed by atoms with van der Waals surface area (Å²) in [5, 5.41) is 11.7. The van der Waals surface area contributed by atoms with Crippen LogP contribution in [0.25, 0.3) is 0 Å². The standard InChI is InChI=1S/C18H17BrN4O2/c1-13-3-5-14(6-4-13)10-25-18-8-16(19)15(7-17(18)24-2)9-22-23-11-20-21-12-23/h3-9,11-12H,10H2,1-2H3/b22-9-. The zero-order chi connectivity index (χ0) is 17.6. The first-order valence-corrected chi connectivity index (χ1v) is 8.40. The monoisotopic (exact) mass is 400 g/mol. The summed E-state index contributed by atoms with van der Waals surface area (Å²) in [5.74, 6) is 1.30. The van der Waals surface area contributed by atoms with Crippen LogP contribution in [0, 0.1) is 6.92 Å². The predicted molar refractivity (Wildman–Crippen MR) is 99.2 cm³/mol. The molecule has 0 amide bonds. The summed E-state index contributed by atoms with van der Waals surface area (Å²) in [7, 11) is 1.61. The first kappa shape index (κ1) is 17.2. The van der Waals surface area contributed by atoms with E-state index in [-0.39, 0.29) is 0 Å². The van der Waals surface area contributed by atoms with E-state index in [1.807, 2.05) is 12.1 Å². The number of rotatable bonds is 6. The smallest absolute Gasteiger partial charge is 0.162 e. The summed E-state index contributed by atoms with van der Waals surface area (Å²) in [5.41, 5.74) is 3.18. The maximum absolute atomic E-state index is 5.92. The fourth-order valence-electron chi connectivity index (χ4n) is 2.15. The van der Waals surface area contributed by atoms with Crippen molar-refractivity contribution in [2.24, 2.45) is 5.10 Å². The first-order valence-electron chi connectivity index (χ1n) is 7.60. The van der Waals surface area contributed by atoms with E-state index in [2.05, 4.69) is 62.4 Å². The molecule has 25 heavy (non-hydrogen) atoms. The topological polar surface area (TPSA) is 61.5 Å². The SMILES string of the molecule is COc1cc(/C=N\n2cnnc2)c(Br)cc1OCc1ccc(C)cc1. The first-order chi connectivity index (χ1) is 12.2. The van der Waals surface area contributed by atoms with Gasteiger partial charge in [-0.2, -0.15) is 5.10 Å². The van der Waals surface area contributed by atoms with E-state index >= 15 is 0 Å². The Hall–Kier alpha value is -2.67. The molecule has 0 aliphatic carbocycles. The number of halogens is 1. The number of aromatic nitrogens is 3. The minimum absolute atomic E-state index is 0.469. The zero-order valence-electron chi connectivity index (χ0n) is 13.9. The van der Waals surface area contributed by atoms with Crippen LogP contribution in [0.5, 0.6) is 11.5 Å². The lowest BCUT2D eigenvalue weighted by atomic mass is 10.2. The molecule has 0 bridgehead atoms. The molecule has 0 aliphatic heterocycles. The van der Waals surface area contributed by atoms with Gasteiger partial charge in [-0.3, -0.25) is 0 Å². The van der Waals surface area contributed by atoms with Gasteiger partial charge in [-0.15, -0.1) is 10.2 Å². The largest absolute Gasteiger partial charge is 0.493 e. The van der Waals surface area contributed by atoms with E-state index in [1.54, 1.807) is 13.3 Å². The molecule has 0 radical (unpaired) electrons. The highest BCUT2D eigenvalue weighted by Crippen LogP contribution is 2.33. The molecule has 3 aromatic rings. The molecule has 3 rings (SSSR count). The molecule has 0 unspecified atom stereocenters. The van der Waals surface area contributed by atoms with Crippen molar-refractivity contribution in [3.05, 3.63) is 70.2 Å². The Bertz CT molecular complexity index is 862. The highest BCUT2D eigenvalue weighted by atomic mass is 79.9. The van der Waals surface area contributed by atoms with Crippen LogP contribution in [0.2, 0.25) is 0 Å². The minimum Gasteiger partial charge on any atom is -0.493 e. The molecule has 128 valence electrons. The third-order valence-electron chi connectivity index (χ3n) is 3.53. The minimum atomic E-state index is 0.469. The van der Waals surface area contributed by atoms with Crippen LogP contribution >= 0.6 is 15.9 Å². The number of ether oxygens (including phenoxy) is 2. The van der Waals surface area contributed by atoms with E-state index in [0.717, 1.165) is 15.6 Å². The Morgan fingerprint density at radius 1 is 1.12 bits per heavy atom. The average Bonchev–Trinajstić information content (AvgIpc) is 3.14. The van der Waals surface area contributed by atoms with Gasteiger partial charge in [0.25, 0.3) is 0 Å². The van der Waals surface area contributed by atoms with Gasteiger partial charge >= 0.3 is 0 Å². The lowest BCUT2D eigenvalue weighted by Gasteiger charge is -2.13. The fraction of sp³-hybridized carbons (Fsp3) is 0.167. The van der Waals surface area contributed by atoms with Gasteiger partial charge < -0.3 is 9.47 Å². The van der Waals surface area contributed by atoms with Crippen molar-refractivity contribution in [3.8, 4) is 11.5 Å². The van der Waals surface area contributed by atoms with Crippen molar-refractivity contribution in [1.29, 1.82) is 0 Å². The zero-order valence-corrected chi connectivity index (χ0v) is 15.5. The van der Waals surface area contributed by atoms with Gasteiger partial charge in [0.15, 0.2) is 11.5 Å². The molecule has 0 aliphatic rings. The van der Waals surface area contributed by atoms with Crippen LogP contribution in [0.3, 0.4) is 0 Å². The summed E-state index contributed by atoms with van der Waals surface area (Å²) in [6.07, 6.45) is 4.72. The Morgan fingerprint density at radius 2 is 1.84 bits per heavy atom. The van der Waals surface area contributed by atoms with E-state index in [4.69, 9.17) is 9.47 Å². The molecule has 7 heteroatoms. The van der Waals surface area contributed by atoms with Gasteiger partial charge in [0.2, 0.25) is 0 Å². The van der Waals surface area contributed by atoms with Crippen molar-refractivity contribution in [2.75, 3.05) is 7.11 Å². The predicted octanol–water partition coefficient (Wildman–Crippen LogP) is 3.82. The molecule has 2 aromatic carbocycles. The molecule has 0 fully saturated rings. The summed E-state index contributed by atoms with van der Waals surface area (Å²) in [6, 6.07) is 12.0. The maximum atomic E-state index is 5.92. The fourth-order valence-corrected chi connectivity index (χ4v) is 2.58. The van der Waals surface area contributed by atoms with Gasteiger partial charge in [0.1, 0.15) is 19.3 Å². The highest BCUT2D eigenvalue weighted by Gasteiger charge is 2.10. The van der Waals surface area contributed by atoms with Crippen molar-refractivity contribution in [1.82, 2.24) is 14.9 Å². The van der Waals surface area contributed by atoms with Crippen molar-refractivity contribution in [2.45, 2.75) is 13.5 Å². The third kappa shape index (κ3) is 4.45. The molecule has 0 spiro atoms. The second-order valence-corrected chi connectivity index (χ2v) is 6.24. The van der Waals surface area contributed by atoms with Crippen LogP contribution in [0.1, 0.15) is 16.7 Å². The Morgan fingerprint density at radius 3 is 2.52 bits per heavy atom. The molecule has 0 N–H and O–H groups in total. The van der Waals surface area contributed by atoms with Crippen LogP contribution in [-0.2, 0) is 6.61 Å². The van der Waals surface area contributed by atoms with Gasteiger partial charge in [-0.1, -0.05) is 29.8 Å². The summed E-state index contributed by atoms with van der Waals surface area (Å²) in [4.78, 5) is 0. The number of hydrogen-bond acceptors (Lipinski definition) is 5. The quantitative estimate of drug-likeness (QED) is 0.590. The van der Waals surface area contributed by atoms with Crippen LogP contribution in [0.4, 0.5) is 0 Å². The van der Waals surface area contributed by atoms with Gasteiger partial charge in [0.05, 0.1) is 13.3 Å². The number of hydrogen-bond donors (Lipinski definition) is 0. The molecule has 1 heterocycles. The number of methoxy groups -OCH3 is 1. The van der Waals surface area contributed by atoms with Crippen molar-refractivity contribution in [3.63, 3.8) is 0 Å². The van der Waals surface area contributed by atoms with E-state index in [9.17, 15) is 0 Å².